The Morgan fingerprint density at radius 2 is 1.81 bits per heavy atom. The second kappa shape index (κ2) is 6.81. The molecule has 0 amide bonds. The summed E-state index contributed by atoms with van der Waals surface area (Å²) in [6, 6.07) is 3.26. The Morgan fingerprint density at radius 1 is 1.29 bits per heavy atom. The number of hydrogen-bond acceptors (Lipinski definition) is 3. The van der Waals surface area contributed by atoms with E-state index in [9.17, 15) is 8.42 Å². The average molecular weight is 438 g/mol. The average Bonchev–Trinajstić information content (AvgIpc) is 2.87. The zero-order chi connectivity index (χ0) is 15.6. The number of sulfonamides is 1. The second-order valence-electron chi connectivity index (χ2n) is 5.12. The molecule has 1 saturated carbocycles. The molecule has 0 unspecified atom stereocenters. The van der Waals surface area contributed by atoms with Crippen LogP contribution in [0.2, 0.25) is 0 Å². The number of halogens is 2. The van der Waals surface area contributed by atoms with Crippen molar-refractivity contribution in [3.63, 3.8) is 0 Å². The highest BCUT2D eigenvalue weighted by Gasteiger charge is 2.34. The molecule has 0 aromatic heterocycles. The van der Waals surface area contributed by atoms with Gasteiger partial charge in [-0.05, 0) is 56.8 Å². The lowest BCUT2D eigenvalue weighted by Crippen LogP contribution is -2.39. The molecule has 1 aromatic rings. The number of rotatable bonds is 5. The van der Waals surface area contributed by atoms with Gasteiger partial charge >= 0.3 is 0 Å². The molecule has 1 fully saturated rings. The van der Waals surface area contributed by atoms with Crippen molar-refractivity contribution in [2.45, 2.75) is 36.6 Å². The fourth-order valence-corrected chi connectivity index (χ4v) is 6.91. The quantitative estimate of drug-likeness (QED) is 0.560. The topological polar surface area (TPSA) is 63.4 Å². The summed E-state index contributed by atoms with van der Waals surface area (Å²) in [7, 11) is -3.61. The second-order valence-corrected chi connectivity index (χ2v) is 8.65. The minimum absolute atomic E-state index is 0.0457. The monoisotopic (exact) mass is 436 g/mol. The lowest BCUT2D eigenvalue weighted by Gasteiger charge is -2.28. The van der Waals surface area contributed by atoms with Crippen LogP contribution in [0.4, 0.5) is 5.69 Å². The van der Waals surface area contributed by atoms with Gasteiger partial charge in [0.15, 0.2) is 0 Å². The number of anilines is 1. The van der Waals surface area contributed by atoms with E-state index >= 15 is 0 Å². The van der Waals surface area contributed by atoms with Crippen LogP contribution >= 0.6 is 31.9 Å². The highest BCUT2D eigenvalue weighted by atomic mass is 79.9. The molecule has 0 atom stereocenters. The molecule has 21 heavy (non-hydrogen) atoms. The first kappa shape index (κ1) is 17.0. The Kier molecular flexibility index (Phi) is 5.51. The molecule has 0 heterocycles. The summed E-state index contributed by atoms with van der Waals surface area (Å²) in [4.78, 5) is 0.227. The van der Waals surface area contributed by atoms with Crippen LogP contribution in [-0.2, 0) is 10.0 Å². The predicted octanol–water partition coefficient (Wildman–Crippen LogP) is 3.91. The molecule has 0 radical (unpaired) electrons. The van der Waals surface area contributed by atoms with Gasteiger partial charge < -0.3 is 5.73 Å². The van der Waals surface area contributed by atoms with Crippen LogP contribution in [0, 0.1) is 0 Å². The number of nitrogens with zero attached hydrogens (tertiary/aromatic N) is 1. The van der Waals surface area contributed by atoms with Crippen LogP contribution in [0.15, 0.2) is 38.6 Å². The third kappa shape index (κ3) is 3.52. The van der Waals surface area contributed by atoms with Crippen molar-refractivity contribution >= 4 is 47.6 Å². The van der Waals surface area contributed by atoms with E-state index in [1.54, 1.807) is 22.5 Å². The first-order valence-electron chi connectivity index (χ1n) is 6.75. The number of nitrogen functional groups attached to an aromatic ring is 1. The maximum Gasteiger partial charge on any atom is 0.245 e. The molecule has 116 valence electrons. The van der Waals surface area contributed by atoms with E-state index in [1.807, 2.05) is 0 Å². The molecule has 0 bridgehead atoms. The maximum atomic E-state index is 13.0. The van der Waals surface area contributed by atoms with Gasteiger partial charge in [0, 0.05) is 27.2 Å². The van der Waals surface area contributed by atoms with Crippen molar-refractivity contribution in [1.29, 1.82) is 0 Å². The van der Waals surface area contributed by atoms with Gasteiger partial charge in [-0.1, -0.05) is 18.9 Å². The van der Waals surface area contributed by atoms with Gasteiger partial charge in [-0.2, -0.15) is 4.31 Å². The normalized spacial score (nSPS) is 16.5. The molecule has 0 saturated heterocycles. The summed E-state index contributed by atoms with van der Waals surface area (Å²) in [6.07, 6.45) is 5.57. The summed E-state index contributed by atoms with van der Waals surface area (Å²) >= 11 is 6.64. The first-order chi connectivity index (χ1) is 9.87. The number of hydrogen-bond donors (Lipinski definition) is 1. The molecule has 1 aliphatic rings. The molecular weight excluding hydrogens is 420 g/mol. The maximum absolute atomic E-state index is 13.0. The molecule has 7 heteroatoms. The van der Waals surface area contributed by atoms with Crippen molar-refractivity contribution in [2.75, 3.05) is 12.3 Å². The van der Waals surface area contributed by atoms with E-state index < -0.39 is 10.0 Å². The van der Waals surface area contributed by atoms with Gasteiger partial charge in [0.2, 0.25) is 10.0 Å². The zero-order valence-corrected chi connectivity index (χ0v) is 15.5. The Labute approximate surface area is 142 Å². The number of benzene rings is 1. The lowest BCUT2D eigenvalue weighted by atomic mass is 10.2. The molecule has 4 nitrogen and oxygen atoms in total. The molecule has 2 N–H and O–H groups in total. The van der Waals surface area contributed by atoms with E-state index in [0.717, 1.165) is 25.7 Å². The van der Waals surface area contributed by atoms with Crippen LogP contribution in [0.5, 0.6) is 0 Å². The van der Waals surface area contributed by atoms with E-state index in [0.29, 0.717) is 21.2 Å². The standard InChI is InChI=1S/C14H18Br2N2O2S/c1-2-7-18(11-5-3-4-6-11)21(19,20)14-12(15)8-10(17)9-13(14)16/h2,8-9,11H,1,3-7,17H2. The van der Waals surface area contributed by atoms with E-state index in [-0.39, 0.29) is 10.9 Å². The smallest absolute Gasteiger partial charge is 0.245 e. The third-order valence-electron chi connectivity index (χ3n) is 3.63. The highest BCUT2D eigenvalue weighted by Crippen LogP contribution is 2.37. The summed E-state index contributed by atoms with van der Waals surface area (Å²) < 4.78 is 28.6. The van der Waals surface area contributed by atoms with Gasteiger partial charge in [-0.15, -0.1) is 6.58 Å². The van der Waals surface area contributed by atoms with E-state index in [4.69, 9.17) is 5.73 Å². The molecule has 1 aromatic carbocycles. The minimum atomic E-state index is -3.61. The Balaban J connectivity index is 2.50. The minimum Gasteiger partial charge on any atom is -0.399 e. The lowest BCUT2D eigenvalue weighted by molar-refractivity contribution is 0.347. The van der Waals surface area contributed by atoms with Crippen molar-refractivity contribution < 1.29 is 8.42 Å². The molecule has 2 rings (SSSR count). The van der Waals surface area contributed by atoms with Gasteiger partial charge in [0.05, 0.1) is 0 Å². The molecule has 1 aliphatic carbocycles. The van der Waals surface area contributed by atoms with Crippen LogP contribution in [-0.4, -0.2) is 25.3 Å². The summed E-state index contributed by atoms with van der Waals surface area (Å²) in [5.41, 5.74) is 6.25. The van der Waals surface area contributed by atoms with Crippen LogP contribution in [0.25, 0.3) is 0 Å². The summed E-state index contributed by atoms with van der Waals surface area (Å²) in [5.74, 6) is 0. The van der Waals surface area contributed by atoms with Crippen molar-refractivity contribution in [1.82, 2.24) is 4.31 Å². The molecule has 0 spiro atoms. The van der Waals surface area contributed by atoms with E-state index in [2.05, 4.69) is 38.4 Å². The Hall–Kier alpha value is -0.370. The molecule has 0 aliphatic heterocycles. The van der Waals surface area contributed by atoms with Crippen LogP contribution in [0.1, 0.15) is 25.7 Å². The Morgan fingerprint density at radius 3 is 2.29 bits per heavy atom. The van der Waals surface area contributed by atoms with Crippen molar-refractivity contribution in [3.8, 4) is 0 Å². The zero-order valence-electron chi connectivity index (χ0n) is 11.6. The number of nitrogens with two attached hydrogens (primary N) is 1. The van der Waals surface area contributed by atoms with E-state index in [1.165, 1.54) is 0 Å². The van der Waals surface area contributed by atoms with Gasteiger partial charge in [0.25, 0.3) is 0 Å². The third-order valence-corrected chi connectivity index (χ3v) is 7.42. The Bertz CT molecular complexity index is 617. The fraction of sp³-hybridized carbons (Fsp3) is 0.429. The summed E-state index contributed by atoms with van der Waals surface area (Å²) in [6.45, 7) is 4.00. The SMILES string of the molecule is C=CCN(C1CCCC1)S(=O)(=O)c1c(Br)cc(N)cc1Br. The van der Waals surface area contributed by atoms with Gasteiger partial charge in [-0.25, -0.2) is 8.42 Å². The molecular formula is C14H18Br2N2O2S. The summed E-state index contributed by atoms with van der Waals surface area (Å²) in [5, 5.41) is 0. The first-order valence-corrected chi connectivity index (χ1v) is 9.77. The fourth-order valence-electron chi connectivity index (χ4n) is 2.71. The largest absolute Gasteiger partial charge is 0.399 e. The highest BCUT2D eigenvalue weighted by molar-refractivity contribution is 9.11. The van der Waals surface area contributed by atoms with Crippen molar-refractivity contribution in [3.05, 3.63) is 33.7 Å². The predicted molar refractivity (Wildman–Crippen MR) is 92.6 cm³/mol. The van der Waals surface area contributed by atoms with Crippen LogP contribution < -0.4 is 5.73 Å². The van der Waals surface area contributed by atoms with Gasteiger partial charge in [0.1, 0.15) is 4.90 Å². The van der Waals surface area contributed by atoms with Gasteiger partial charge in [-0.3, -0.25) is 0 Å². The van der Waals surface area contributed by atoms with Crippen LogP contribution in [0.3, 0.4) is 0 Å². The van der Waals surface area contributed by atoms with Crippen molar-refractivity contribution in [2.24, 2.45) is 0 Å².